The van der Waals surface area contributed by atoms with E-state index in [-0.39, 0.29) is 22.4 Å². The second-order valence-corrected chi connectivity index (χ2v) is 6.39. The number of halogens is 3. The maximum Gasteiger partial charge on any atom is 0.421 e. The van der Waals surface area contributed by atoms with Gasteiger partial charge in [0.05, 0.1) is 16.6 Å². The van der Waals surface area contributed by atoms with E-state index in [0.717, 1.165) is 6.42 Å². The first-order valence-electron chi connectivity index (χ1n) is 8.77. The lowest BCUT2D eigenvalue weighted by atomic mass is 10.0. The van der Waals surface area contributed by atoms with Crippen molar-refractivity contribution in [2.45, 2.75) is 32.9 Å². The first-order chi connectivity index (χ1) is 12.8. The fourth-order valence-electron chi connectivity index (χ4n) is 3.04. The Morgan fingerprint density at radius 2 is 1.89 bits per heavy atom. The van der Waals surface area contributed by atoms with Gasteiger partial charge in [-0.1, -0.05) is 43.7 Å². The molecule has 0 spiro atoms. The fraction of sp³-hybridized carbons (Fsp3) is 0.300. The molecule has 3 rings (SSSR count). The van der Waals surface area contributed by atoms with Crippen LogP contribution >= 0.6 is 0 Å². The van der Waals surface area contributed by atoms with Crippen LogP contribution in [0.2, 0.25) is 0 Å². The summed E-state index contributed by atoms with van der Waals surface area (Å²) < 4.78 is 41.6. The number of hydrogen-bond donors (Lipinski definition) is 2. The molecular weight excluding hydrogens is 355 g/mol. The summed E-state index contributed by atoms with van der Waals surface area (Å²) in [5.74, 6) is -0.261. The molecule has 0 saturated carbocycles. The molecule has 0 fully saturated rings. The Morgan fingerprint density at radius 3 is 2.52 bits per heavy atom. The van der Waals surface area contributed by atoms with E-state index >= 15 is 0 Å². The molecule has 0 unspecified atom stereocenters. The number of anilines is 1. The van der Waals surface area contributed by atoms with Gasteiger partial charge in [0.15, 0.2) is 5.43 Å². The molecule has 7 heteroatoms. The Bertz CT molecular complexity index is 1010. The van der Waals surface area contributed by atoms with Crippen molar-refractivity contribution in [3.63, 3.8) is 0 Å². The highest BCUT2D eigenvalue weighted by molar-refractivity contribution is 5.97. The molecule has 142 valence electrons. The number of unbranched alkanes of at least 4 members (excludes halogenated alkanes) is 1. The van der Waals surface area contributed by atoms with Crippen LogP contribution in [-0.2, 0) is 6.18 Å². The number of nitrogens with zero attached hydrogens (tertiary/aromatic N) is 1. The highest BCUT2D eigenvalue weighted by atomic mass is 19.4. The van der Waals surface area contributed by atoms with Crippen molar-refractivity contribution in [1.82, 2.24) is 9.97 Å². The molecule has 1 aromatic carbocycles. The van der Waals surface area contributed by atoms with Gasteiger partial charge < -0.3 is 10.3 Å². The van der Waals surface area contributed by atoms with Gasteiger partial charge in [-0.3, -0.25) is 4.79 Å². The van der Waals surface area contributed by atoms with Gasteiger partial charge in [0, 0.05) is 23.9 Å². The van der Waals surface area contributed by atoms with Gasteiger partial charge in [-0.2, -0.15) is 13.2 Å². The Kier molecular flexibility index (Phi) is 5.21. The van der Waals surface area contributed by atoms with Crippen LogP contribution in [0.15, 0.2) is 41.2 Å². The lowest BCUT2D eigenvalue weighted by Crippen LogP contribution is -2.18. The molecule has 0 bridgehead atoms. The second-order valence-electron chi connectivity index (χ2n) is 6.39. The van der Waals surface area contributed by atoms with E-state index in [2.05, 4.69) is 15.3 Å². The highest BCUT2D eigenvalue weighted by Crippen LogP contribution is 2.40. The number of fused-ring (bicyclic) bond motifs is 1. The summed E-state index contributed by atoms with van der Waals surface area (Å²) in [7, 11) is 0. The minimum Gasteiger partial charge on any atom is -0.369 e. The zero-order chi connectivity index (χ0) is 19.6. The smallest absolute Gasteiger partial charge is 0.369 e. The van der Waals surface area contributed by atoms with Crippen LogP contribution in [0.1, 0.15) is 31.0 Å². The van der Waals surface area contributed by atoms with Gasteiger partial charge >= 0.3 is 6.18 Å². The fourth-order valence-corrected chi connectivity index (χ4v) is 3.04. The number of rotatable bonds is 5. The van der Waals surface area contributed by atoms with Crippen molar-refractivity contribution in [2.24, 2.45) is 0 Å². The van der Waals surface area contributed by atoms with Crippen LogP contribution in [0, 0.1) is 6.92 Å². The number of hydrogen-bond acceptors (Lipinski definition) is 3. The van der Waals surface area contributed by atoms with Crippen LogP contribution in [0.5, 0.6) is 0 Å². The first kappa shape index (κ1) is 18.9. The number of H-pyrrole nitrogens is 1. The first-order valence-corrected chi connectivity index (χ1v) is 8.77. The molecule has 3 aromatic rings. The van der Waals surface area contributed by atoms with E-state index in [4.69, 9.17) is 0 Å². The molecule has 0 aliphatic rings. The number of nitrogens with one attached hydrogen (secondary N) is 2. The molecule has 2 heterocycles. The lowest BCUT2D eigenvalue weighted by Gasteiger charge is -2.18. The molecule has 0 radical (unpaired) electrons. The largest absolute Gasteiger partial charge is 0.421 e. The number of aromatic amines is 1. The maximum absolute atomic E-state index is 13.9. The summed E-state index contributed by atoms with van der Waals surface area (Å²) in [5.41, 5.74) is -0.474. The third-order valence-electron chi connectivity index (χ3n) is 4.27. The topological polar surface area (TPSA) is 57.8 Å². The van der Waals surface area contributed by atoms with Gasteiger partial charge in [-0.25, -0.2) is 4.98 Å². The molecule has 0 aliphatic heterocycles. The third-order valence-corrected chi connectivity index (χ3v) is 4.27. The molecular formula is C20H20F3N3O. The highest BCUT2D eigenvalue weighted by Gasteiger charge is 2.38. The summed E-state index contributed by atoms with van der Waals surface area (Å²) >= 11 is 0. The van der Waals surface area contributed by atoms with Crippen LogP contribution in [0.25, 0.3) is 22.2 Å². The van der Waals surface area contributed by atoms with Crippen molar-refractivity contribution in [3.8, 4) is 11.3 Å². The summed E-state index contributed by atoms with van der Waals surface area (Å²) in [6, 6.07) is 10.1. The van der Waals surface area contributed by atoms with Crippen molar-refractivity contribution >= 4 is 16.7 Å². The standard InChI is InChI=1S/C20H20F3N3O/c1-3-4-10-24-19-16(20(21,22)23)18-15(14(27)11-12(2)25-18)17(26-19)13-8-6-5-7-9-13/h5-9,11H,3-4,10H2,1-2H3,(H,24,26)(H,25,27). The molecule has 27 heavy (non-hydrogen) atoms. The number of pyridine rings is 2. The SMILES string of the molecule is CCCCNc1nc(-c2ccccc2)c2c(=O)cc(C)[nH]c2c1C(F)(F)F. The van der Waals surface area contributed by atoms with Crippen LogP contribution in [0.3, 0.4) is 0 Å². The van der Waals surface area contributed by atoms with E-state index < -0.39 is 17.2 Å². The van der Waals surface area contributed by atoms with E-state index in [0.29, 0.717) is 24.2 Å². The third kappa shape index (κ3) is 3.82. The van der Waals surface area contributed by atoms with Gasteiger partial charge in [-0.15, -0.1) is 0 Å². The zero-order valence-electron chi connectivity index (χ0n) is 15.1. The van der Waals surface area contributed by atoms with Gasteiger partial charge in [0.1, 0.15) is 11.4 Å². The second kappa shape index (κ2) is 7.42. The van der Waals surface area contributed by atoms with Crippen LogP contribution in [0.4, 0.5) is 19.0 Å². The van der Waals surface area contributed by atoms with Gasteiger partial charge in [0.25, 0.3) is 0 Å². The summed E-state index contributed by atoms with van der Waals surface area (Å²) in [6.45, 7) is 3.88. The molecule has 0 atom stereocenters. The monoisotopic (exact) mass is 375 g/mol. The number of alkyl halides is 3. The maximum atomic E-state index is 13.9. The van der Waals surface area contributed by atoms with Crippen molar-refractivity contribution in [2.75, 3.05) is 11.9 Å². The average Bonchev–Trinajstić information content (AvgIpc) is 2.60. The molecule has 2 N–H and O–H groups in total. The van der Waals surface area contributed by atoms with Gasteiger partial charge in [0.2, 0.25) is 0 Å². The number of benzene rings is 1. The van der Waals surface area contributed by atoms with E-state index in [9.17, 15) is 18.0 Å². The number of aryl methyl sites for hydroxylation is 1. The molecule has 4 nitrogen and oxygen atoms in total. The Labute approximate surface area is 154 Å². The van der Waals surface area contributed by atoms with Crippen LogP contribution < -0.4 is 10.7 Å². The Morgan fingerprint density at radius 1 is 1.19 bits per heavy atom. The molecule has 0 saturated heterocycles. The van der Waals surface area contributed by atoms with Crippen molar-refractivity contribution in [1.29, 1.82) is 0 Å². The quantitative estimate of drug-likeness (QED) is 0.608. The van der Waals surface area contributed by atoms with Crippen molar-refractivity contribution in [3.05, 3.63) is 57.9 Å². The predicted molar refractivity (Wildman–Crippen MR) is 101 cm³/mol. The summed E-state index contributed by atoms with van der Waals surface area (Å²) in [5, 5.41) is 2.75. The van der Waals surface area contributed by atoms with Crippen molar-refractivity contribution < 1.29 is 13.2 Å². The Balaban J connectivity index is 2.40. The molecule has 0 amide bonds. The zero-order valence-corrected chi connectivity index (χ0v) is 15.1. The Hall–Kier alpha value is -2.83. The van der Waals surface area contributed by atoms with E-state index in [1.54, 1.807) is 37.3 Å². The van der Waals surface area contributed by atoms with E-state index in [1.807, 2.05) is 6.92 Å². The normalized spacial score (nSPS) is 11.7. The summed E-state index contributed by atoms with van der Waals surface area (Å²) in [4.78, 5) is 19.6. The molecule has 2 aromatic heterocycles. The minimum atomic E-state index is -4.66. The molecule has 0 aliphatic carbocycles. The number of aromatic nitrogens is 2. The predicted octanol–water partition coefficient (Wildman–Crippen LogP) is 5.13. The van der Waals surface area contributed by atoms with Crippen LogP contribution in [-0.4, -0.2) is 16.5 Å². The summed E-state index contributed by atoms with van der Waals surface area (Å²) in [6.07, 6.45) is -3.11. The van der Waals surface area contributed by atoms with Gasteiger partial charge in [-0.05, 0) is 13.3 Å². The van der Waals surface area contributed by atoms with E-state index in [1.165, 1.54) is 6.07 Å². The lowest BCUT2D eigenvalue weighted by molar-refractivity contribution is -0.136. The average molecular weight is 375 g/mol. The minimum absolute atomic E-state index is 0.0554.